The number of thiazole rings is 1. The number of carbonyl (C=O) groups is 1. The van der Waals surface area contributed by atoms with Gasteiger partial charge >= 0.3 is 0 Å². The summed E-state index contributed by atoms with van der Waals surface area (Å²) in [6, 6.07) is 7.36. The number of amides is 1. The maximum Gasteiger partial charge on any atom is 0.241 e. The SMILES string of the molecule is Cc1nc(CSCCC(=O)N2CCN(Cc3nc(-c4ccc(Cl)cc4)no3)CC2)cs1. The average molecular weight is 478 g/mol. The van der Waals surface area contributed by atoms with Gasteiger partial charge in [-0.15, -0.1) is 11.3 Å². The fourth-order valence-corrected chi connectivity index (χ4v) is 5.02. The second kappa shape index (κ2) is 10.6. The van der Waals surface area contributed by atoms with Crippen molar-refractivity contribution >= 4 is 40.6 Å². The maximum absolute atomic E-state index is 12.5. The van der Waals surface area contributed by atoms with Gasteiger partial charge < -0.3 is 9.42 Å². The van der Waals surface area contributed by atoms with Crippen LogP contribution in [0.1, 0.15) is 23.0 Å². The highest BCUT2D eigenvalue weighted by atomic mass is 35.5. The summed E-state index contributed by atoms with van der Waals surface area (Å²) >= 11 is 9.36. The Kier molecular flexibility index (Phi) is 7.60. The van der Waals surface area contributed by atoms with E-state index in [2.05, 4.69) is 25.4 Å². The van der Waals surface area contributed by atoms with Crippen LogP contribution >= 0.6 is 34.7 Å². The zero-order valence-corrected chi connectivity index (χ0v) is 19.7. The second-order valence-electron chi connectivity index (χ2n) is 7.34. The molecule has 2 aromatic heterocycles. The van der Waals surface area contributed by atoms with E-state index in [-0.39, 0.29) is 5.91 Å². The third kappa shape index (κ3) is 6.29. The van der Waals surface area contributed by atoms with Crippen LogP contribution in [0.25, 0.3) is 11.4 Å². The van der Waals surface area contributed by atoms with Gasteiger partial charge in [0.15, 0.2) is 0 Å². The summed E-state index contributed by atoms with van der Waals surface area (Å²) in [6.07, 6.45) is 0.571. The van der Waals surface area contributed by atoms with Crippen LogP contribution < -0.4 is 0 Å². The Morgan fingerprint density at radius 1 is 1.19 bits per heavy atom. The molecule has 164 valence electrons. The van der Waals surface area contributed by atoms with Crippen molar-refractivity contribution in [3.8, 4) is 11.4 Å². The predicted molar refractivity (Wildman–Crippen MR) is 124 cm³/mol. The van der Waals surface area contributed by atoms with Gasteiger partial charge in [0.25, 0.3) is 0 Å². The molecule has 0 unspecified atom stereocenters. The van der Waals surface area contributed by atoms with E-state index in [0.717, 1.165) is 53.9 Å². The molecule has 1 saturated heterocycles. The van der Waals surface area contributed by atoms with E-state index < -0.39 is 0 Å². The number of piperazine rings is 1. The molecule has 4 rings (SSSR count). The number of halogens is 1. The van der Waals surface area contributed by atoms with Crippen LogP contribution in [0.15, 0.2) is 34.2 Å². The van der Waals surface area contributed by atoms with E-state index >= 15 is 0 Å². The first-order chi connectivity index (χ1) is 15.1. The van der Waals surface area contributed by atoms with Crippen molar-refractivity contribution < 1.29 is 9.32 Å². The Morgan fingerprint density at radius 3 is 2.68 bits per heavy atom. The molecule has 31 heavy (non-hydrogen) atoms. The smallest absolute Gasteiger partial charge is 0.241 e. The van der Waals surface area contributed by atoms with Gasteiger partial charge in [-0.1, -0.05) is 16.8 Å². The first kappa shape index (κ1) is 22.3. The minimum Gasteiger partial charge on any atom is -0.340 e. The molecule has 1 aliphatic heterocycles. The fraction of sp³-hybridized carbons (Fsp3) is 0.429. The lowest BCUT2D eigenvalue weighted by Crippen LogP contribution is -2.48. The number of thioether (sulfide) groups is 1. The molecule has 0 spiro atoms. The molecule has 1 fully saturated rings. The Balaban J connectivity index is 1.17. The number of aromatic nitrogens is 3. The highest BCUT2D eigenvalue weighted by molar-refractivity contribution is 7.98. The van der Waals surface area contributed by atoms with Crippen LogP contribution in [-0.2, 0) is 17.1 Å². The zero-order valence-electron chi connectivity index (χ0n) is 17.3. The van der Waals surface area contributed by atoms with Crippen molar-refractivity contribution in [1.82, 2.24) is 24.9 Å². The summed E-state index contributed by atoms with van der Waals surface area (Å²) in [4.78, 5) is 25.6. The van der Waals surface area contributed by atoms with Crippen LogP contribution in [-0.4, -0.2) is 62.8 Å². The highest BCUT2D eigenvalue weighted by Crippen LogP contribution is 2.20. The Hall–Kier alpha value is -1.94. The molecule has 7 nitrogen and oxygen atoms in total. The van der Waals surface area contributed by atoms with E-state index in [4.69, 9.17) is 16.1 Å². The van der Waals surface area contributed by atoms with Gasteiger partial charge in [0.2, 0.25) is 17.6 Å². The van der Waals surface area contributed by atoms with Gasteiger partial charge in [0, 0.05) is 60.1 Å². The molecule has 10 heteroatoms. The summed E-state index contributed by atoms with van der Waals surface area (Å²) in [5.41, 5.74) is 1.98. The van der Waals surface area contributed by atoms with E-state index in [1.807, 2.05) is 36.1 Å². The van der Waals surface area contributed by atoms with Crippen molar-refractivity contribution in [2.75, 3.05) is 31.9 Å². The molecular weight excluding hydrogens is 454 g/mol. The first-order valence-corrected chi connectivity index (χ1v) is 12.6. The minimum absolute atomic E-state index is 0.226. The Morgan fingerprint density at radius 2 is 1.97 bits per heavy atom. The van der Waals surface area contributed by atoms with Crippen LogP contribution in [0.3, 0.4) is 0 Å². The van der Waals surface area contributed by atoms with Crippen LogP contribution in [0.4, 0.5) is 0 Å². The van der Waals surface area contributed by atoms with Gasteiger partial charge in [-0.2, -0.15) is 16.7 Å². The Labute approximate surface area is 194 Å². The normalized spacial score (nSPS) is 14.8. The summed E-state index contributed by atoms with van der Waals surface area (Å²) < 4.78 is 5.41. The van der Waals surface area contributed by atoms with Crippen molar-refractivity contribution in [1.29, 1.82) is 0 Å². The molecule has 0 N–H and O–H groups in total. The largest absolute Gasteiger partial charge is 0.340 e. The molecule has 0 bridgehead atoms. The number of carbonyl (C=O) groups excluding carboxylic acids is 1. The second-order valence-corrected chi connectivity index (χ2v) is 9.94. The van der Waals surface area contributed by atoms with E-state index in [9.17, 15) is 4.79 Å². The monoisotopic (exact) mass is 477 g/mol. The number of rotatable bonds is 8. The van der Waals surface area contributed by atoms with E-state index in [0.29, 0.717) is 29.7 Å². The van der Waals surface area contributed by atoms with Crippen LogP contribution in [0, 0.1) is 6.92 Å². The lowest BCUT2D eigenvalue weighted by molar-refractivity contribution is -0.132. The maximum atomic E-state index is 12.5. The molecule has 0 aliphatic carbocycles. The molecule has 1 aliphatic rings. The van der Waals surface area contributed by atoms with Gasteiger partial charge in [0.1, 0.15) is 0 Å². The first-order valence-electron chi connectivity index (χ1n) is 10.1. The highest BCUT2D eigenvalue weighted by Gasteiger charge is 2.22. The zero-order chi connectivity index (χ0) is 21.6. The van der Waals surface area contributed by atoms with Crippen molar-refractivity contribution in [3.05, 3.63) is 51.3 Å². The Bertz CT molecular complexity index is 999. The van der Waals surface area contributed by atoms with E-state index in [1.165, 1.54) is 0 Å². The minimum atomic E-state index is 0.226. The van der Waals surface area contributed by atoms with Crippen molar-refractivity contribution in [3.63, 3.8) is 0 Å². The van der Waals surface area contributed by atoms with Gasteiger partial charge in [-0.25, -0.2) is 4.98 Å². The number of benzene rings is 1. The molecule has 1 aromatic carbocycles. The van der Waals surface area contributed by atoms with Gasteiger partial charge in [-0.05, 0) is 31.2 Å². The lowest BCUT2D eigenvalue weighted by Gasteiger charge is -2.34. The van der Waals surface area contributed by atoms with Gasteiger partial charge in [-0.3, -0.25) is 9.69 Å². The quantitative estimate of drug-likeness (QED) is 0.451. The third-order valence-corrected chi connectivity index (χ3v) is 7.10. The molecule has 3 heterocycles. The fourth-order valence-electron chi connectivity index (χ4n) is 3.35. The van der Waals surface area contributed by atoms with Crippen molar-refractivity contribution in [2.24, 2.45) is 0 Å². The van der Waals surface area contributed by atoms with Crippen LogP contribution in [0.5, 0.6) is 0 Å². The average Bonchev–Trinajstić information content (AvgIpc) is 3.41. The van der Waals surface area contributed by atoms with E-state index in [1.54, 1.807) is 23.1 Å². The lowest BCUT2D eigenvalue weighted by atomic mass is 10.2. The van der Waals surface area contributed by atoms with Crippen molar-refractivity contribution in [2.45, 2.75) is 25.6 Å². The molecule has 3 aromatic rings. The molecule has 0 radical (unpaired) electrons. The summed E-state index contributed by atoms with van der Waals surface area (Å²) in [6.45, 7) is 5.66. The third-order valence-electron chi connectivity index (χ3n) is 5.03. The summed E-state index contributed by atoms with van der Waals surface area (Å²) in [5.74, 6) is 3.06. The number of nitrogens with zero attached hydrogens (tertiary/aromatic N) is 5. The molecule has 0 saturated carbocycles. The summed E-state index contributed by atoms with van der Waals surface area (Å²) in [7, 11) is 0. The number of aryl methyl sites for hydroxylation is 1. The predicted octanol–water partition coefficient (Wildman–Crippen LogP) is 4.12. The van der Waals surface area contributed by atoms with Gasteiger partial charge in [0.05, 0.1) is 17.2 Å². The number of hydrogen-bond donors (Lipinski definition) is 0. The molecule has 1 amide bonds. The molecule has 0 atom stereocenters. The van der Waals surface area contributed by atoms with Crippen LogP contribution in [0.2, 0.25) is 5.02 Å². The molecular formula is C21H24ClN5O2S2. The standard InChI is InChI=1S/C21H24ClN5O2S2/c1-15-23-18(14-31-15)13-30-11-6-20(28)27-9-7-26(8-10-27)12-19-24-21(25-29-19)16-2-4-17(22)5-3-16/h2-5,14H,6-13H2,1H3. The number of hydrogen-bond acceptors (Lipinski definition) is 8. The topological polar surface area (TPSA) is 75.4 Å². The summed E-state index contributed by atoms with van der Waals surface area (Å²) in [5, 5.41) is 7.91.